The minimum atomic E-state index is 0.312. The van der Waals surface area contributed by atoms with Crippen LogP contribution >= 0.6 is 11.3 Å². The zero-order valence-electron chi connectivity index (χ0n) is 9.82. The smallest absolute Gasteiger partial charge is 0.0725 e. The van der Waals surface area contributed by atoms with Crippen LogP contribution in [-0.2, 0) is 11.2 Å². The van der Waals surface area contributed by atoms with Crippen molar-refractivity contribution in [3.05, 3.63) is 22.4 Å². The molecule has 1 rings (SSSR count). The summed E-state index contributed by atoms with van der Waals surface area (Å²) in [4.78, 5) is 1.43. The van der Waals surface area contributed by atoms with E-state index < -0.39 is 0 Å². The molecule has 1 N–H and O–H groups in total. The van der Waals surface area contributed by atoms with Gasteiger partial charge in [0.1, 0.15) is 0 Å². The van der Waals surface area contributed by atoms with Crippen LogP contribution in [0.4, 0.5) is 0 Å². The lowest BCUT2D eigenvalue weighted by Crippen LogP contribution is -2.42. The Bertz CT molecular complexity index is 244. The molecule has 0 fully saturated rings. The Hall–Kier alpha value is -0.380. The van der Waals surface area contributed by atoms with Gasteiger partial charge in [-0.2, -0.15) is 0 Å². The van der Waals surface area contributed by atoms with Crippen molar-refractivity contribution in [2.24, 2.45) is 0 Å². The van der Waals surface area contributed by atoms with Gasteiger partial charge >= 0.3 is 0 Å². The largest absolute Gasteiger partial charge is 0.380 e. The molecule has 0 aliphatic heterocycles. The SMILES string of the molecule is CCNC(Cc1cccs1)C(CC)OC. The van der Waals surface area contributed by atoms with Crippen LogP contribution in [0.5, 0.6) is 0 Å². The van der Waals surface area contributed by atoms with Crippen molar-refractivity contribution in [2.45, 2.75) is 38.8 Å². The summed E-state index contributed by atoms with van der Waals surface area (Å²) >= 11 is 1.82. The minimum absolute atomic E-state index is 0.312. The van der Waals surface area contributed by atoms with Crippen LogP contribution in [0.15, 0.2) is 17.5 Å². The van der Waals surface area contributed by atoms with E-state index >= 15 is 0 Å². The number of hydrogen-bond acceptors (Lipinski definition) is 3. The van der Waals surface area contributed by atoms with E-state index in [4.69, 9.17) is 4.74 Å². The molecule has 0 aromatic carbocycles. The molecule has 2 nitrogen and oxygen atoms in total. The maximum Gasteiger partial charge on any atom is 0.0725 e. The maximum absolute atomic E-state index is 5.51. The second kappa shape index (κ2) is 6.99. The normalized spacial score (nSPS) is 15.1. The monoisotopic (exact) mass is 227 g/mol. The Morgan fingerprint density at radius 3 is 2.73 bits per heavy atom. The van der Waals surface area contributed by atoms with Gasteiger partial charge in [-0.3, -0.25) is 0 Å². The molecule has 86 valence electrons. The topological polar surface area (TPSA) is 21.3 Å². The number of thiophene rings is 1. The summed E-state index contributed by atoms with van der Waals surface area (Å²) in [5.41, 5.74) is 0. The zero-order valence-corrected chi connectivity index (χ0v) is 10.6. The first-order valence-electron chi connectivity index (χ1n) is 5.60. The van der Waals surface area contributed by atoms with Crippen LogP contribution in [0, 0.1) is 0 Å². The molecule has 0 bridgehead atoms. The average molecular weight is 227 g/mol. The lowest BCUT2D eigenvalue weighted by atomic mass is 10.0. The predicted octanol–water partition coefficient (Wildman–Crippen LogP) is 2.69. The van der Waals surface area contributed by atoms with Gasteiger partial charge < -0.3 is 10.1 Å². The highest BCUT2D eigenvalue weighted by Gasteiger charge is 2.19. The Labute approximate surface area is 96.7 Å². The molecular formula is C12H21NOS. The highest BCUT2D eigenvalue weighted by Crippen LogP contribution is 2.15. The molecule has 0 radical (unpaired) electrons. The van der Waals surface area contributed by atoms with E-state index in [0.717, 1.165) is 19.4 Å². The fourth-order valence-corrected chi connectivity index (χ4v) is 2.62. The number of methoxy groups -OCH3 is 1. The first kappa shape index (κ1) is 12.7. The van der Waals surface area contributed by atoms with E-state index in [1.807, 2.05) is 11.3 Å². The number of nitrogens with one attached hydrogen (secondary N) is 1. The molecule has 0 saturated carbocycles. The lowest BCUT2D eigenvalue weighted by molar-refractivity contribution is 0.0661. The first-order valence-corrected chi connectivity index (χ1v) is 6.48. The van der Waals surface area contributed by atoms with E-state index in [9.17, 15) is 0 Å². The van der Waals surface area contributed by atoms with Gasteiger partial charge in [0.15, 0.2) is 0 Å². The number of rotatable bonds is 7. The van der Waals surface area contributed by atoms with Crippen molar-refractivity contribution in [2.75, 3.05) is 13.7 Å². The van der Waals surface area contributed by atoms with E-state index in [1.165, 1.54) is 4.88 Å². The van der Waals surface area contributed by atoms with Crippen LogP contribution in [-0.4, -0.2) is 25.8 Å². The Morgan fingerprint density at radius 2 is 2.27 bits per heavy atom. The Morgan fingerprint density at radius 1 is 1.47 bits per heavy atom. The van der Waals surface area contributed by atoms with Gasteiger partial charge in [-0.05, 0) is 30.8 Å². The van der Waals surface area contributed by atoms with Crippen molar-refractivity contribution in [3.8, 4) is 0 Å². The van der Waals surface area contributed by atoms with Gasteiger partial charge in [-0.1, -0.05) is 19.9 Å². The van der Waals surface area contributed by atoms with Crippen LogP contribution in [0.1, 0.15) is 25.1 Å². The van der Waals surface area contributed by atoms with Gasteiger partial charge in [0.25, 0.3) is 0 Å². The van der Waals surface area contributed by atoms with E-state index in [-0.39, 0.29) is 0 Å². The number of ether oxygens (including phenoxy) is 1. The first-order chi connectivity index (χ1) is 7.31. The zero-order chi connectivity index (χ0) is 11.1. The van der Waals surface area contributed by atoms with Gasteiger partial charge in [-0.15, -0.1) is 11.3 Å². The quantitative estimate of drug-likeness (QED) is 0.773. The van der Waals surface area contributed by atoms with E-state index in [0.29, 0.717) is 12.1 Å². The van der Waals surface area contributed by atoms with Crippen LogP contribution in [0.3, 0.4) is 0 Å². The fourth-order valence-electron chi connectivity index (χ4n) is 1.86. The molecule has 0 spiro atoms. The molecule has 2 atom stereocenters. The third kappa shape index (κ3) is 3.93. The molecule has 1 aromatic rings. The molecule has 1 aromatic heterocycles. The van der Waals surface area contributed by atoms with E-state index in [1.54, 1.807) is 7.11 Å². The third-order valence-electron chi connectivity index (χ3n) is 2.62. The van der Waals surface area contributed by atoms with Crippen molar-refractivity contribution in [1.82, 2.24) is 5.32 Å². The number of hydrogen-bond donors (Lipinski definition) is 1. The molecule has 0 aliphatic carbocycles. The molecular weight excluding hydrogens is 206 g/mol. The summed E-state index contributed by atoms with van der Waals surface area (Å²) in [7, 11) is 1.80. The highest BCUT2D eigenvalue weighted by atomic mass is 32.1. The van der Waals surface area contributed by atoms with Crippen molar-refractivity contribution in [1.29, 1.82) is 0 Å². The standard InChI is InChI=1S/C12H21NOS/c1-4-12(14-3)11(13-5-2)9-10-7-6-8-15-10/h6-8,11-13H,4-5,9H2,1-3H3. The fraction of sp³-hybridized carbons (Fsp3) is 0.667. The van der Waals surface area contributed by atoms with Gasteiger partial charge in [0, 0.05) is 18.0 Å². The molecule has 0 amide bonds. The van der Waals surface area contributed by atoms with Crippen molar-refractivity contribution < 1.29 is 4.74 Å². The summed E-state index contributed by atoms with van der Waals surface area (Å²) in [6, 6.07) is 4.73. The molecule has 15 heavy (non-hydrogen) atoms. The maximum atomic E-state index is 5.51. The molecule has 1 heterocycles. The second-order valence-corrected chi connectivity index (χ2v) is 4.66. The van der Waals surface area contributed by atoms with Gasteiger partial charge in [0.05, 0.1) is 6.10 Å². The molecule has 3 heteroatoms. The molecule has 0 saturated heterocycles. The van der Waals surface area contributed by atoms with Crippen molar-refractivity contribution in [3.63, 3.8) is 0 Å². The summed E-state index contributed by atoms with van der Waals surface area (Å²) in [6.07, 6.45) is 2.43. The predicted molar refractivity (Wildman–Crippen MR) is 66.6 cm³/mol. The summed E-state index contributed by atoms with van der Waals surface area (Å²) < 4.78 is 5.51. The molecule has 2 unspecified atom stereocenters. The van der Waals surface area contributed by atoms with E-state index in [2.05, 4.69) is 36.7 Å². The van der Waals surface area contributed by atoms with Crippen molar-refractivity contribution >= 4 is 11.3 Å². The Kier molecular flexibility index (Phi) is 5.91. The average Bonchev–Trinajstić information content (AvgIpc) is 2.72. The van der Waals surface area contributed by atoms with Crippen LogP contribution < -0.4 is 5.32 Å². The molecule has 0 aliphatic rings. The minimum Gasteiger partial charge on any atom is -0.380 e. The highest BCUT2D eigenvalue weighted by molar-refractivity contribution is 7.09. The second-order valence-electron chi connectivity index (χ2n) is 3.63. The van der Waals surface area contributed by atoms with Crippen LogP contribution in [0.25, 0.3) is 0 Å². The van der Waals surface area contributed by atoms with Gasteiger partial charge in [0.2, 0.25) is 0 Å². The summed E-state index contributed by atoms with van der Waals surface area (Å²) in [5, 5.41) is 5.64. The lowest BCUT2D eigenvalue weighted by Gasteiger charge is -2.25. The summed E-state index contributed by atoms with van der Waals surface area (Å²) in [5.74, 6) is 0. The van der Waals surface area contributed by atoms with Gasteiger partial charge in [-0.25, -0.2) is 0 Å². The number of likely N-dealkylation sites (N-methyl/N-ethyl adjacent to an activating group) is 1. The van der Waals surface area contributed by atoms with Crippen LogP contribution in [0.2, 0.25) is 0 Å². The summed E-state index contributed by atoms with van der Waals surface area (Å²) in [6.45, 7) is 5.31. The third-order valence-corrected chi connectivity index (χ3v) is 3.52. The Balaban J connectivity index is 2.56.